The van der Waals surface area contributed by atoms with Crippen LogP contribution in [0.3, 0.4) is 0 Å². The Morgan fingerprint density at radius 2 is 1.96 bits per heavy atom. The van der Waals surface area contributed by atoms with Crippen LogP contribution in [0.25, 0.3) is 0 Å². The first-order valence-corrected chi connectivity index (χ1v) is 9.47. The SMILES string of the molecule is CC(=O)Nc1cccc(C(=O)NC2CC(=O)N(CC3CCCCC3)C2)c1. The summed E-state index contributed by atoms with van der Waals surface area (Å²) in [6.45, 7) is 2.84. The molecule has 6 nitrogen and oxygen atoms in total. The van der Waals surface area contributed by atoms with Crippen molar-refractivity contribution in [3.8, 4) is 0 Å². The van der Waals surface area contributed by atoms with E-state index in [1.807, 2.05) is 4.90 Å². The maximum atomic E-state index is 12.5. The molecule has 2 N–H and O–H groups in total. The highest BCUT2D eigenvalue weighted by Crippen LogP contribution is 2.26. The summed E-state index contributed by atoms with van der Waals surface area (Å²) >= 11 is 0. The second-order valence-corrected chi connectivity index (χ2v) is 7.44. The van der Waals surface area contributed by atoms with Crippen molar-refractivity contribution >= 4 is 23.4 Å². The van der Waals surface area contributed by atoms with E-state index in [2.05, 4.69) is 10.6 Å². The monoisotopic (exact) mass is 357 g/mol. The quantitative estimate of drug-likeness (QED) is 0.850. The zero-order chi connectivity index (χ0) is 18.5. The number of amides is 3. The van der Waals surface area contributed by atoms with Gasteiger partial charge in [-0.15, -0.1) is 0 Å². The lowest BCUT2D eigenvalue weighted by molar-refractivity contribution is -0.128. The summed E-state index contributed by atoms with van der Waals surface area (Å²) < 4.78 is 0. The van der Waals surface area contributed by atoms with E-state index >= 15 is 0 Å². The summed E-state index contributed by atoms with van der Waals surface area (Å²) in [4.78, 5) is 37.8. The van der Waals surface area contributed by atoms with Crippen LogP contribution in [0.5, 0.6) is 0 Å². The van der Waals surface area contributed by atoms with Gasteiger partial charge in [-0.05, 0) is 37.0 Å². The Balaban J connectivity index is 1.54. The molecule has 1 aliphatic carbocycles. The molecule has 140 valence electrons. The summed E-state index contributed by atoms with van der Waals surface area (Å²) in [6, 6.07) is 6.67. The molecule has 3 amide bonds. The van der Waals surface area contributed by atoms with Crippen molar-refractivity contribution in [2.24, 2.45) is 5.92 Å². The summed E-state index contributed by atoms with van der Waals surface area (Å²) in [6.07, 6.45) is 6.60. The minimum Gasteiger partial charge on any atom is -0.347 e. The summed E-state index contributed by atoms with van der Waals surface area (Å²) in [7, 11) is 0. The highest BCUT2D eigenvalue weighted by Gasteiger charge is 2.32. The van der Waals surface area contributed by atoms with Crippen molar-refractivity contribution in [1.29, 1.82) is 0 Å². The zero-order valence-corrected chi connectivity index (χ0v) is 15.3. The number of carbonyl (C=O) groups is 3. The van der Waals surface area contributed by atoms with Gasteiger partial charge in [0.15, 0.2) is 0 Å². The Hall–Kier alpha value is -2.37. The first-order chi connectivity index (χ1) is 12.5. The zero-order valence-electron chi connectivity index (χ0n) is 15.3. The highest BCUT2D eigenvalue weighted by atomic mass is 16.2. The molecule has 1 unspecified atom stereocenters. The third-order valence-electron chi connectivity index (χ3n) is 5.20. The van der Waals surface area contributed by atoms with Gasteiger partial charge < -0.3 is 15.5 Å². The minimum atomic E-state index is -0.213. The van der Waals surface area contributed by atoms with Gasteiger partial charge in [0.1, 0.15) is 0 Å². The Bertz CT molecular complexity index is 683. The predicted molar refractivity (Wildman–Crippen MR) is 99.8 cm³/mol. The van der Waals surface area contributed by atoms with Crippen LogP contribution >= 0.6 is 0 Å². The largest absolute Gasteiger partial charge is 0.347 e. The molecule has 1 heterocycles. The standard InChI is InChI=1S/C20H27N3O3/c1-14(24)21-17-9-5-8-16(10-17)20(26)22-18-11-19(25)23(13-18)12-15-6-3-2-4-7-15/h5,8-10,15,18H,2-4,6-7,11-13H2,1H3,(H,21,24)(H,22,26). The molecule has 1 aliphatic heterocycles. The van der Waals surface area contributed by atoms with Crippen molar-refractivity contribution in [2.45, 2.75) is 51.5 Å². The maximum absolute atomic E-state index is 12.5. The van der Waals surface area contributed by atoms with Crippen LogP contribution in [0, 0.1) is 5.92 Å². The number of benzene rings is 1. The van der Waals surface area contributed by atoms with Crippen LogP contribution in [0.1, 0.15) is 55.8 Å². The van der Waals surface area contributed by atoms with E-state index in [9.17, 15) is 14.4 Å². The van der Waals surface area contributed by atoms with E-state index in [1.165, 1.54) is 39.0 Å². The molecular weight excluding hydrogens is 330 g/mol. The lowest BCUT2D eigenvalue weighted by atomic mass is 9.89. The first-order valence-electron chi connectivity index (χ1n) is 9.47. The average molecular weight is 357 g/mol. The Kier molecular flexibility index (Phi) is 5.91. The van der Waals surface area contributed by atoms with E-state index < -0.39 is 0 Å². The topological polar surface area (TPSA) is 78.5 Å². The van der Waals surface area contributed by atoms with Crippen LogP contribution in [-0.4, -0.2) is 41.8 Å². The number of nitrogens with one attached hydrogen (secondary N) is 2. The molecule has 0 radical (unpaired) electrons. The van der Waals surface area contributed by atoms with Gasteiger partial charge in [0.2, 0.25) is 11.8 Å². The summed E-state index contributed by atoms with van der Waals surface area (Å²) in [5.74, 6) is 0.348. The van der Waals surface area contributed by atoms with Gasteiger partial charge in [-0.1, -0.05) is 25.3 Å². The minimum absolute atomic E-state index is 0.132. The molecule has 1 saturated carbocycles. The van der Waals surface area contributed by atoms with E-state index in [1.54, 1.807) is 24.3 Å². The van der Waals surface area contributed by atoms with Gasteiger partial charge in [0.05, 0.1) is 6.04 Å². The Labute approximate surface area is 154 Å². The van der Waals surface area contributed by atoms with Crippen molar-refractivity contribution in [2.75, 3.05) is 18.4 Å². The van der Waals surface area contributed by atoms with Crippen molar-refractivity contribution in [3.05, 3.63) is 29.8 Å². The first kappa shape index (κ1) is 18.4. The molecule has 26 heavy (non-hydrogen) atoms. The summed E-state index contributed by atoms with van der Waals surface area (Å²) in [5.41, 5.74) is 1.07. The van der Waals surface area contributed by atoms with Gasteiger partial charge in [-0.2, -0.15) is 0 Å². The molecule has 0 aromatic heterocycles. The molecule has 1 atom stereocenters. The van der Waals surface area contributed by atoms with E-state index in [-0.39, 0.29) is 23.8 Å². The Morgan fingerprint density at radius 1 is 1.19 bits per heavy atom. The molecular formula is C20H27N3O3. The summed E-state index contributed by atoms with van der Waals surface area (Å²) in [5, 5.41) is 5.63. The third-order valence-corrected chi connectivity index (χ3v) is 5.20. The van der Waals surface area contributed by atoms with Gasteiger partial charge in [-0.25, -0.2) is 0 Å². The molecule has 1 aromatic carbocycles. The molecule has 0 bridgehead atoms. The molecule has 1 aromatic rings. The van der Waals surface area contributed by atoms with Crippen LogP contribution in [0.15, 0.2) is 24.3 Å². The van der Waals surface area contributed by atoms with E-state index in [0.29, 0.717) is 30.1 Å². The Morgan fingerprint density at radius 3 is 2.69 bits per heavy atom. The number of likely N-dealkylation sites (tertiary alicyclic amines) is 1. The lowest BCUT2D eigenvalue weighted by Gasteiger charge is -2.27. The molecule has 1 saturated heterocycles. The number of hydrogen-bond donors (Lipinski definition) is 2. The molecule has 2 aliphatic rings. The fraction of sp³-hybridized carbons (Fsp3) is 0.550. The van der Waals surface area contributed by atoms with Crippen molar-refractivity contribution in [3.63, 3.8) is 0 Å². The second kappa shape index (κ2) is 8.34. The van der Waals surface area contributed by atoms with Gasteiger partial charge >= 0.3 is 0 Å². The molecule has 3 rings (SSSR count). The van der Waals surface area contributed by atoms with Gasteiger partial charge in [0, 0.05) is 37.7 Å². The fourth-order valence-corrected chi connectivity index (χ4v) is 3.94. The van der Waals surface area contributed by atoms with Gasteiger partial charge in [-0.3, -0.25) is 14.4 Å². The van der Waals surface area contributed by atoms with Crippen LogP contribution in [0.2, 0.25) is 0 Å². The van der Waals surface area contributed by atoms with E-state index in [4.69, 9.17) is 0 Å². The molecule has 0 spiro atoms. The third kappa shape index (κ3) is 4.84. The molecule has 6 heteroatoms. The normalized spacial score (nSPS) is 20.9. The van der Waals surface area contributed by atoms with Gasteiger partial charge in [0.25, 0.3) is 5.91 Å². The fourth-order valence-electron chi connectivity index (χ4n) is 3.94. The number of carbonyl (C=O) groups excluding carboxylic acids is 3. The van der Waals surface area contributed by atoms with Crippen molar-refractivity contribution in [1.82, 2.24) is 10.2 Å². The second-order valence-electron chi connectivity index (χ2n) is 7.44. The maximum Gasteiger partial charge on any atom is 0.251 e. The average Bonchev–Trinajstić information content (AvgIpc) is 2.94. The van der Waals surface area contributed by atoms with Crippen LogP contribution < -0.4 is 10.6 Å². The number of rotatable bonds is 5. The van der Waals surface area contributed by atoms with Crippen molar-refractivity contribution < 1.29 is 14.4 Å². The van der Waals surface area contributed by atoms with E-state index in [0.717, 1.165) is 6.54 Å². The molecule has 2 fully saturated rings. The lowest BCUT2D eigenvalue weighted by Crippen LogP contribution is -2.38. The number of hydrogen-bond acceptors (Lipinski definition) is 3. The van der Waals surface area contributed by atoms with Crippen LogP contribution in [0.4, 0.5) is 5.69 Å². The predicted octanol–water partition coefficient (Wildman–Crippen LogP) is 2.56. The number of anilines is 1. The smallest absolute Gasteiger partial charge is 0.251 e. The number of nitrogens with zero attached hydrogens (tertiary/aromatic N) is 1. The highest BCUT2D eigenvalue weighted by molar-refractivity contribution is 5.97. The van der Waals surface area contributed by atoms with Crippen LogP contribution in [-0.2, 0) is 9.59 Å².